The van der Waals surface area contributed by atoms with Gasteiger partial charge in [0.05, 0.1) is 12.8 Å². The van der Waals surface area contributed by atoms with Gasteiger partial charge in [-0.15, -0.1) is 12.4 Å². The van der Waals surface area contributed by atoms with Gasteiger partial charge in [-0.1, -0.05) is 12.1 Å². The number of aryl methyl sites for hydroxylation is 1. The van der Waals surface area contributed by atoms with Crippen LogP contribution in [-0.4, -0.2) is 26.1 Å². The number of benzene rings is 1. The number of nitrogens with one attached hydrogen (secondary N) is 2. The van der Waals surface area contributed by atoms with Gasteiger partial charge in [0.15, 0.2) is 5.96 Å². The van der Waals surface area contributed by atoms with Gasteiger partial charge in [0.2, 0.25) is 0 Å². The van der Waals surface area contributed by atoms with E-state index in [0.29, 0.717) is 11.4 Å². The summed E-state index contributed by atoms with van der Waals surface area (Å²) in [5.41, 5.74) is 6.89. The molecule has 0 heterocycles. The van der Waals surface area contributed by atoms with Gasteiger partial charge in [0.1, 0.15) is 5.75 Å². The van der Waals surface area contributed by atoms with E-state index in [9.17, 15) is 4.79 Å². The normalized spacial score (nSPS) is 10.3. The van der Waals surface area contributed by atoms with Crippen molar-refractivity contribution >= 4 is 30.1 Å². The minimum atomic E-state index is -0.458. The monoisotopic (exact) mass is 272 g/mol. The first-order valence-electron chi connectivity index (χ1n) is 5.02. The largest absolute Gasteiger partial charge is 0.495 e. The quantitative estimate of drug-likeness (QED) is 0.563. The Kier molecular flexibility index (Phi) is 6.59. The number of carbonyl (C=O) groups excluding carboxylic acids is 1. The number of halogens is 1. The van der Waals surface area contributed by atoms with Crippen molar-refractivity contribution in [2.24, 2.45) is 10.7 Å². The van der Waals surface area contributed by atoms with Gasteiger partial charge in [-0.25, -0.2) is 4.79 Å². The number of ether oxygens (including phenoxy) is 1. The van der Waals surface area contributed by atoms with E-state index in [1.165, 1.54) is 7.05 Å². The lowest BCUT2D eigenvalue weighted by atomic mass is 10.2. The molecule has 1 aromatic rings. The lowest BCUT2D eigenvalue weighted by Gasteiger charge is -2.13. The van der Waals surface area contributed by atoms with Crippen LogP contribution in [0, 0.1) is 6.92 Å². The molecule has 4 N–H and O–H groups in total. The minimum absolute atomic E-state index is 0. The number of methoxy groups -OCH3 is 1. The molecule has 7 heteroatoms. The lowest BCUT2D eigenvalue weighted by Crippen LogP contribution is -2.39. The number of guanidine groups is 1. The first-order valence-corrected chi connectivity index (χ1v) is 5.02. The van der Waals surface area contributed by atoms with Crippen molar-refractivity contribution in [2.45, 2.75) is 6.92 Å². The standard InChI is InChI=1S/C11H16N4O2.ClH/c1-7-5-4-6-8(17-3)9(7)14-11(16)15-10(12)13-2;/h4-6H,1-3H3,(H4,12,13,14,15,16);1H. The number of para-hydroxylation sites is 1. The molecule has 1 rings (SSSR count). The van der Waals surface area contributed by atoms with Gasteiger partial charge >= 0.3 is 6.03 Å². The maximum absolute atomic E-state index is 11.6. The van der Waals surface area contributed by atoms with Crippen molar-refractivity contribution in [1.29, 1.82) is 0 Å². The number of nitrogens with two attached hydrogens (primary N) is 1. The summed E-state index contributed by atoms with van der Waals surface area (Å²) in [6.45, 7) is 1.87. The van der Waals surface area contributed by atoms with E-state index in [2.05, 4.69) is 15.6 Å². The van der Waals surface area contributed by atoms with Gasteiger partial charge < -0.3 is 15.8 Å². The van der Waals surface area contributed by atoms with Crippen molar-refractivity contribution in [3.8, 4) is 5.75 Å². The number of amides is 2. The molecule has 0 radical (unpaired) electrons. The molecule has 0 aliphatic carbocycles. The van der Waals surface area contributed by atoms with E-state index in [0.717, 1.165) is 5.56 Å². The van der Waals surface area contributed by atoms with Crippen molar-refractivity contribution < 1.29 is 9.53 Å². The highest BCUT2D eigenvalue weighted by atomic mass is 35.5. The highest BCUT2D eigenvalue weighted by molar-refractivity contribution is 6.02. The summed E-state index contributed by atoms with van der Waals surface area (Å²) in [7, 11) is 3.03. The second-order valence-corrected chi connectivity index (χ2v) is 3.34. The van der Waals surface area contributed by atoms with Crippen LogP contribution in [0.2, 0.25) is 0 Å². The number of anilines is 1. The topological polar surface area (TPSA) is 88.7 Å². The number of hydrogen-bond acceptors (Lipinski definition) is 3. The molecule has 0 bridgehead atoms. The Morgan fingerprint density at radius 1 is 1.44 bits per heavy atom. The third-order valence-electron chi connectivity index (χ3n) is 2.18. The second-order valence-electron chi connectivity index (χ2n) is 3.34. The lowest BCUT2D eigenvalue weighted by molar-refractivity contribution is 0.256. The molecule has 18 heavy (non-hydrogen) atoms. The molecule has 1 aromatic carbocycles. The molecule has 0 unspecified atom stereocenters. The predicted molar refractivity (Wildman–Crippen MR) is 74.7 cm³/mol. The Balaban J connectivity index is 0.00000289. The van der Waals surface area contributed by atoms with Gasteiger partial charge in [-0.05, 0) is 18.6 Å². The molecule has 0 aliphatic heterocycles. The molecule has 0 aliphatic rings. The zero-order valence-electron chi connectivity index (χ0n) is 10.5. The van der Waals surface area contributed by atoms with Crippen LogP contribution in [0.5, 0.6) is 5.75 Å². The molecule has 0 saturated heterocycles. The second kappa shape index (κ2) is 7.39. The average molecular weight is 273 g/mol. The van der Waals surface area contributed by atoms with E-state index < -0.39 is 6.03 Å². The summed E-state index contributed by atoms with van der Waals surface area (Å²) < 4.78 is 5.15. The summed E-state index contributed by atoms with van der Waals surface area (Å²) in [5, 5.41) is 5.04. The number of urea groups is 1. The summed E-state index contributed by atoms with van der Waals surface area (Å²) in [6.07, 6.45) is 0. The third-order valence-corrected chi connectivity index (χ3v) is 2.18. The molecule has 0 saturated carbocycles. The number of nitrogens with zero attached hydrogens (tertiary/aromatic N) is 1. The third kappa shape index (κ3) is 4.14. The van der Waals surface area contributed by atoms with Crippen LogP contribution in [0.1, 0.15) is 5.56 Å². The van der Waals surface area contributed by atoms with Crippen LogP contribution in [0.4, 0.5) is 10.5 Å². The number of carbonyl (C=O) groups is 1. The predicted octanol–water partition coefficient (Wildman–Crippen LogP) is 1.49. The molecule has 6 nitrogen and oxygen atoms in total. The van der Waals surface area contributed by atoms with Crippen molar-refractivity contribution in [3.63, 3.8) is 0 Å². The SMILES string of the molecule is CN=C(N)NC(=O)Nc1c(C)cccc1OC.Cl. The van der Waals surface area contributed by atoms with E-state index >= 15 is 0 Å². The van der Waals surface area contributed by atoms with E-state index in [1.54, 1.807) is 13.2 Å². The van der Waals surface area contributed by atoms with E-state index in [-0.39, 0.29) is 18.4 Å². The highest BCUT2D eigenvalue weighted by Crippen LogP contribution is 2.27. The van der Waals surface area contributed by atoms with Crippen LogP contribution in [-0.2, 0) is 0 Å². The zero-order chi connectivity index (χ0) is 12.8. The van der Waals surface area contributed by atoms with Gasteiger partial charge in [0, 0.05) is 7.05 Å². The summed E-state index contributed by atoms with van der Waals surface area (Å²) >= 11 is 0. The molecular weight excluding hydrogens is 256 g/mol. The van der Waals surface area contributed by atoms with Gasteiger partial charge in [-0.2, -0.15) is 0 Å². The highest BCUT2D eigenvalue weighted by Gasteiger charge is 2.10. The van der Waals surface area contributed by atoms with Gasteiger partial charge in [0.25, 0.3) is 0 Å². The maximum Gasteiger partial charge on any atom is 0.326 e. The first kappa shape index (κ1) is 16.1. The van der Waals surface area contributed by atoms with Crippen LogP contribution in [0.3, 0.4) is 0 Å². The summed E-state index contributed by atoms with van der Waals surface area (Å²) in [4.78, 5) is 15.2. The molecule has 0 spiro atoms. The smallest absolute Gasteiger partial charge is 0.326 e. The minimum Gasteiger partial charge on any atom is -0.495 e. The first-order chi connectivity index (χ1) is 8.08. The Labute approximate surface area is 112 Å². The molecular formula is C11H17ClN4O2. The Morgan fingerprint density at radius 3 is 2.67 bits per heavy atom. The Bertz CT molecular complexity index is 449. The van der Waals surface area contributed by atoms with Crippen LogP contribution in [0.15, 0.2) is 23.2 Å². The molecule has 2 amide bonds. The van der Waals surface area contributed by atoms with Crippen LogP contribution < -0.4 is 21.1 Å². The molecule has 0 atom stereocenters. The van der Waals surface area contributed by atoms with Crippen LogP contribution >= 0.6 is 12.4 Å². The maximum atomic E-state index is 11.6. The summed E-state index contributed by atoms with van der Waals surface area (Å²) in [5.74, 6) is 0.641. The molecule has 0 fully saturated rings. The average Bonchev–Trinajstić information content (AvgIpc) is 2.31. The zero-order valence-corrected chi connectivity index (χ0v) is 11.3. The molecule has 0 aromatic heterocycles. The van der Waals surface area contributed by atoms with Crippen LogP contribution in [0.25, 0.3) is 0 Å². The van der Waals surface area contributed by atoms with E-state index in [1.807, 2.05) is 19.1 Å². The molecule has 100 valence electrons. The fourth-order valence-corrected chi connectivity index (χ4v) is 1.29. The fourth-order valence-electron chi connectivity index (χ4n) is 1.29. The number of rotatable bonds is 2. The Hall–Kier alpha value is -1.95. The number of hydrogen-bond donors (Lipinski definition) is 3. The fraction of sp³-hybridized carbons (Fsp3) is 0.273. The van der Waals surface area contributed by atoms with Crippen molar-refractivity contribution in [1.82, 2.24) is 5.32 Å². The number of aliphatic imine (C=N–C) groups is 1. The Morgan fingerprint density at radius 2 is 2.11 bits per heavy atom. The van der Waals surface area contributed by atoms with E-state index in [4.69, 9.17) is 10.5 Å². The van der Waals surface area contributed by atoms with Crippen molar-refractivity contribution in [2.75, 3.05) is 19.5 Å². The van der Waals surface area contributed by atoms with Crippen molar-refractivity contribution in [3.05, 3.63) is 23.8 Å². The summed E-state index contributed by atoms with van der Waals surface area (Å²) in [6, 6.07) is 5.02. The van der Waals surface area contributed by atoms with Gasteiger partial charge in [-0.3, -0.25) is 10.3 Å².